The highest BCUT2D eigenvalue weighted by atomic mass is 19.4. The van der Waals surface area contributed by atoms with Gasteiger partial charge in [-0.15, -0.1) is 0 Å². The zero-order valence-electron chi connectivity index (χ0n) is 13.2. The SMILES string of the molecule is CCNC(=NCCN(C)CC(F)(F)F)N1CCCC(C)C1. The van der Waals surface area contributed by atoms with Gasteiger partial charge in [0, 0.05) is 26.2 Å². The molecule has 0 amide bonds. The first-order valence-electron chi connectivity index (χ1n) is 7.60. The van der Waals surface area contributed by atoms with Gasteiger partial charge in [0.05, 0.1) is 13.1 Å². The van der Waals surface area contributed by atoms with Gasteiger partial charge in [0.1, 0.15) is 0 Å². The number of guanidine groups is 1. The van der Waals surface area contributed by atoms with Crippen molar-refractivity contribution in [3.05, 3.63) is 0 Å². The van der Waals surface area contributed by atoms with E-state index >= 15 is 0 Å². The number of alkyl halides is 3. The fraction of sp³-hybridized carbons (Fsp3) is 0.929. The first-order chi connectivity index (χ1) is 9.81. The molecule has 0 aromatic rings. The molecule has 1 heterocycles. The van der Waals surface area contributed by atoms with E-state index in [0.717, 1.165) is 32.0 Å². The van der Waals surface area contributed by atoms with Crippen LogP contribution >= 0.6 is 0 Å². The highest BCUT2D eigenvalue weighted by molar-refractivity contribution is 5.80. The van der Waals surface area contributed by atoms with Crippen molar-refractivity contribution >= 4 is 5.96 Å². The van der Waals surface area contributed by atoms with Gasteiger partial charge >= 0.3 is 6.18 Å². The Morgan fingerprint density at radius 3 is 2.71 bits per heavy atom. The van der Waals surface area contributed by atoms with Crippen molar-refractivity contribution in [3.63, 3.8) is 0 Å². The van der Waals surface area contributed by atoms with E-state index in [9.17, 15) is 13.2 Å². The number of aliphatic imine (C=N–C) groups is 1. The van der Waals surface area contributed by atoms with Crippen LogP contribution in [0.4, 0.5) is 13.2 Å². The van der Waals surface area contributed by atoms with Gasteiger partial charge in [-0.1, -0.05) is 6.92 Å². The van der Waals surface area contributed by atoms with Crippen LogP contribution in [0.25, 0.3) is 0 Å². The normalized spacial score (nSPS) is 21.0. The van der Waals surface area contributed by atoms with Gasteiger partial charge in [-0.05, 0) is 32.7 Å². The van der Waals surface area contributed by atoms with Crippen LogP contribution in [0.5, 0.6) is 0 Å². The molecule has 21 heavy (non-hydrogen) atoms. The summed E-state index contributed by atoms with van der Waals surface area (Å²) in [5.74, 6) is 1.46. The van der Waals surface area contributed by atoms with Crippen LogP contribution in [-0.4, -0.2) is 68.3 Å². The summed E-state index contributed by atoms with van der Waals surface area (Å²) in [4.78, 5) is 7.93. The van der Waals surface area contributed by atoms with Crippen LogP contribution in [-0.2, 0) is 0 Å². The van der Waals surface area contributed by atoms with E-state index in [1.807, 2.05) is 6.92 Å². The summed E-state index contributed by atoms with van der Waals surface area (Å²) in [6.45, 7) is 6.70. The molecule has 1 aliphatic heterocycles. The number of nitrogens with zero attached hydrogens (tertiary/aromatic N) is 3. The summed E-state index contributed by atoms with van der Waals surface area (Å²) in [5, 5.41) is 3.23. The molecule has 0 aromatic carbocycles. The molecule has 0 radical (unpaired) electrons. The predicted octanol–water partition coefficient (Wildman–Crippen LogP) is 2.18. The van der Waals surface area contributed by atoms with Crippen molar-refractivity contribution in [1.29, 1.82) is 0 Å². The van der Waals surface area contributed by atoms with Gasteiger partial charge in [-0.25, -0.2) is 0 Å². The third-order valence-electron chi connectivity index (χ3n) is 3.48. The first kappa shape index (κ1) is 18.1. The van der Waals surface area contributed by atoms with Gasteiger partial charge in [0.25, 0.3) is 0 Å². The van der Waals surface area contributed by atoms with E-state index in [4.69, 9.17) is 0 Å². The van der Waals surface area contributed by atoms with Crippen molar-refractivity contribution in [3.8, 4) is 0 Å². The molecule has 1 unspecified atom stereocenters. The Hall–Kier alpha value is -0.980. The number of rotatable bonds is 5. The van der Waals surface area contributed by atoms with Crippen molar-refractivity contribution in [1.82, 2.24) is 15.1 Å². The minimum atomic E-state index is -4.15. The van der Waals surface area contributed by atoms with Crippen LogP contribution in [0.1, 0.15) is 26.7 Å². The summed E-state index contributed by atoms with van der Waals surface area (Å²) in [7, 11) is 1.47. The zero-order chi connectivity index (χ0) is 15.9. The molecular formula is C14H27F3N4. The Bertz CT molecular complexity index is 331. The Morgan fingerprint density at radius 2 is 2.14 bits per heavy atom. The third-order valence-corrected chi connectivity index (χ3v) is 3.48. The molecule has 1 rings (SSSR count). The van der Waals surface area contributed by atoms with Crippen molar-refractivity contribution in [2.24, 2.45) is 10.9 Å². The van der Waals surface area contributed by atoms with Crippen LogP contribution in [0.2, 0.25) is 0 Å². The number of likely N-dealkylation sites (N-methyl/N-ethyl adjacent to an activating group) is 1. The van der Waals surface area contributed by atoms with Gasteiger partial charge in [-0.3, -0.25) is 9.89 Å². The molecule has 1 fully saturated rings. The molecule has 0 saturated carbocycles. The van der Waals surface area contributed by atoms with E-state index in [1.165, 1.54) is 18.4 Å². The highest BCUT2D eigenvalue weighted by Crippen LogP contribution is 2.16. The van der Waals surface area contributed by atoms with Crippen LogP contribution in [0, 0.1) is 5.92 Å². The molecule has 0 spiro atoms. The Morgan fingerprint density at radius 1 is 1.43 bits per heavy atom. The van der Waals surface area contributed by atoms with Gasteiger partial charge in [-0.2, -0.15) is 13.2 Å². The van der Waals surface area contributed by atoms with E-state index in [0.29, 0.717) is 19.0 Å². The second-order valence-corrected chi connectivity index (χ2v) is 5.78. The lowest BCUT2D eigenvalue weighted by Gasteiger charge is -2.33. The number of nitrogens with one attached hydrogen (secondary N) is 1. The largest absolute Gasteiger partial charge is 0.401 e. The van der Waals surface area contributed by atoms with Crippen molar-refractivity contribution in [2.45, 2.75) is 32.9 Å². The molecule has 4 nitrogen and oxygen atoms in total. The highest BCUT2D eigenvalue weighted by Gasteiger charge is 2.28. The van der Waals surface area contributed by atoms with Crippen molar-refractivity contribution < 1.29 is 13.2 Å². The van der Waals surface area contributed by atoms with Crippen LogP contribution in [0.15, 0.2) is 4.99 Å². The van der Waals surface area contributed by atoms with E-state index in [1.54, 1.807) is 0 Å². The number of hydrogen-bond donors (Lipinski definition) is 1. The molecule has 0 aliphatic carbocycles. The maximum Gasteiger partial charge on any atom is 0.401 e. The summed E-state index contributed by atoms with van der Waals surface area (Å²) in [6, 6.07) is 0. The number of hydrogen-bond acceptors (Lipinski definition) is 2. The lowest BCUT2D eigenvalue weighted by Crippen LogP contribution is -2.46. The monoisotopic (exact) mass is 308 g/mol. The van der Waals surface area contributed by atoms with Gasteiger partial charge in [0.15, 0.2) is 5.96 Å². The number of piperidine rings is 1. The molecule has 124 valence electrons. The quantitative estimate of drug-likeness (QED) is 0.624. The minimum absolute atomic E-state index is 0.303. The lowest BCUT2D eigenvalue weighted by atomic mass is 10.0. The zero-order valence-corrected chi connectivity index (χ0v) is 13.2. The Labute approximate surface area is 125 Å². The molecule has 1 saturated heterocycles. The summed E-state index contributed by atoms with van der Waals surface area (Å²) >= 11 is 0. The fourth-order valence-corrected chi connectivity index (χ4v) is 2.52. The summed E-state index contributed by atoms with van der Waals surface area (Å²) in [5.41, 5.74) is 0. The summed E-state index contributed by atoms with van der Waals surface area (Å²) in [6.07, 6.45) is -1.78. The first-order valence-corrected chi connectivity index (χ1v) is 7.60. The van der Waals surface area contributed by atoms with E-state index < -0.39 is 12.7 Å². The minimum Gasteiger partial charge on any atom is -0.357 e. The van der Waals surface area contributed by atoms with E-state index in [-0.39, 0.29) is 0 Å². The molecule has 7 heteroatoms. The van der Waals surface area contributed by atoms with Crippen molar-refractivity contribution in [2.75, 3.05) is 46.3 Å². The number of likely N-dealkylation sites (tertiary alicyclic amines) is 1. The maximum absolute atomic E-state index is 12.2. The Kier molecular flexibility index (Phi) is 7.28. The van der Waals surface area contributed by atoms with Crippen LogP contribution < -0.4 is 5.32 Å². The average molecular weight is 308 g/mol. The third kappa shape index (κ3) is 7.55. The topological polar surface area (TPSA) is 30.9 Å². The number of halogens is 3. The Balaban J connectivity index is 2.48. The van der Waals surface area contributed by atoms with E-state index in [2.05, 4.69) is 22.1 Å². The fourth-order valence-electron chi connectivity index (χ4n) is 2.52. The molecule has 0 aromatic heterocycles. The molecule has 1 aliphatic rings. The second kappa shape index (κ2) is 8.46. The second-order valence-electron chi connectivity index (χ2n) is 5.78. The smallest absolute Gasteiger partial charge is 0.357 e. The average Bonchev–Trinajstić information content (AvgIpc) is 2.35. The molecule has 1 atom stereocenters. The molecule has 0 bridgehead atoms. The molecule has 1 N–H and O–H groups in total. The predicted molar refractivity (Wildman–Crippen MR) is 79.5 cm³/mol. The summed E-state index contributed by atoms with van der Waals surface area (Å²) < 4.78 is 36.7. The lowest BCUT2D eigenvalue weighted by molar-refractivity contribution is -0.142. The van der Waals surface area contributed by atoms with Gasteiger partial charge < -0.3 is 10.2 Å². The molecular weight excluding hydrogens is 281 g/mol. The van der Waals surface area contributed by atoms with Crippen LogP contribution in [0.3, 0.4) is 0 Å². The van der Waals surface area contributed by atoms with Gasteiger partial charge in [0.2, 0.25) is 0 Å². The standard InChI is InChI=1S/C14H27F3N4/c1-4-18-13(21-8-5-6-12(2)10-21)19-7-9-20(3)11-14(15,16)17/h12H,4-11H2,1-3H3,(H,18,19). The maximum atomic E-state index is 12.2.